The third-order valence-electron chi connectivity index (χ3n) is 5.09. The van der Waals surface area contributed by atoms with Crippen molar-refractivity contribution < 1.29 is 19.1 Å². The molecule has 1 aromatic carbocycles. The zero-order chi connectivity index (χ0) is 22.4. The molecule has 1 atom stereocenters. The number of nitrogens with zero attached hydrogens (tertiary/aromatic N) is 1. The Morgan fingerprint density at radius 1 is 1.29 bits per heavy atom. The van der Waals surface area contributed by atoms with Crippen molar-refractivity contribution >= 4 is 17.5 Å². The minimum atomic E-state index is -0.845. The molecule has 0 saturated carbocycles. The van der Waals surface area contributed by atoms with Crippen LogP contribution in [-0.2, 0) is 20.7 Å². The van der Waals surface area contributed by atoms with Crippen molar-refractivity contribution in [2.24, 2.45) is 5.92 Å². The van der Waals surface area contributed by atoms with E-state index in [4.69, 9.17) is 9.47 Å². The summed E-state index contributed by atoms with van der Waals surface area (Å²) in [5.41, 5.74) is 4.72. The second-order valence-corrected chi connectivity index (χ2v) is 7.40. The molecule has 0 radical (unpaired) electrons. The van der Waals surface area contributed by atoms with Crippen LogP contribution in [0.4, 0.5) is 4.79 Å². The van der Waals surface area contributed by atoms with Gasteiger partial charge in [-0.25, -0.2) is 4.79 Å². The van der Waals surface area contributed by atoms with E-state index in [0.29, 0.717) is 24.2 Å². The highest BCUT2D eigenvalue weighted by Gasteiger charge is 2.38. The zero-order valence-corrected chi connectivity index (χ0v) is 18.0. The summed E-state index contributed by atoms with van der Waals surface area (Å²) in [6.45, 7) is 9.21. The van der Waals surface area contributed by atoms with Gasteiger partial charge in [0, 0.05) is 36.2 Å². The molecule has 0 aliphatic heterocycles. The molecule has 0 fully saturated rings. The first-order chi connectivity index (χ1) is 14.9. The first-order valence-electron chi connectivity index (χ1n) is 10.1. The first kappa shape index (κ1) is 22.0. The van der Waals surface area contributed by atoms with Crippen molar-refractivity contribution in [2.45, 2.75) is 33.6 Å². The maximum Gasteiger partial charge on any atom is 0.513 e. The van der Waals surface area contributed by atoms with E-state index in [2.05, 4.69) is 23.4 Å². The number of aromatic nitrogens is 1. The largest absolute Gasteiger partial charge is 0.513 e. The highest BCUT2D eigenvalue weighted by molar-refractivity contribution is 6.25. The maximum absolute atomic E-state index is 13.5. The predicted octanol–water partition coefficient (Wildman–Crippen LogP) is 4.95. The molecule has 1 unspecified atom stereocenters. The SMILES string of the molecule is C=CCOC(=O)OC1=C(c2c(C)cc(C#CC)cc2C)C(=O)C(Cc2ccccn2)C1. The molecule has 0 saturated heterocycles. The monoisotopic (exact) mass is 415 g/mol. The van der Waals surface area contributed by atoms with Gasteiger partial charge in [-0.3, -0.25) is 9.78 Å². The number of Topliss-reactive ketones (excluding diaryl/α,β-unsaturated/α-hetero) is 1. The summed E-state index contributed by atoms with van der Waals surface area (Å²) in [6.07, 6.45) is 3.10. The fraction of sp³-hybridized carbons (Fsp3) is 0.269. The molecule has 0 bridgehead atoms. The molecule has 1 aliphatic carbocycles. The Balaban J connectivity index is 2.01. The predicted molar refractivity (Wildman–Crippen MR) is 119 cm³/mol. The van der Waals surface area contributed by atoms with Crippen molar-refractivity contribution in [3.05, 3.63) is 82.9 Å². The van der Waals surface area contributed by atoms with E-state index in [0.717, 1.165) is 27.9 Å². The minimum Gasteiger partial charge on any atom is -0.430 e. The van der Waals surface area contributed by atoms with E-state index < -0.39 is 6.16 Å². The van der Waals surface area contributed by atoms with Crippen molar-refractivity contribution in [1.82, 2.24) is 4.98 Å². The lowest BCUT2D eigenvalue weighted by Gasteiger charge is -2.14. The van der Waals surface area contributed by atoms with Gasteiger partial charge >= 0.3 is 6.16 Å². The zero-order valence-electron chi connectivity index (χ0n) is 18.0. The van der Waals surface area contributed by atoms with Crippen LogP contribution in [-0.4, -0.2) is 23.5 Å². The molecule has 0 amide bonds. The van der Waals surface area contributed by atoms with E-state index >= 15 is 0 Å². The average Bonchev–Trinajstić information content (AvgIpc) is 3.02. The van der Waals surface area contributed by atoms with Gasteiger partial charge in [0.15, 0.2) is 5.78 Å². The molecule has 1 aromatic heterocycles. The number of allylic oxidation sites excluding steroid dienone is 2. The Bertz CT molecular complexity index is 1080. The summed E-state index contributed by atoms with van der Waals surface area (Å²) in [5.74, 6) is 5.86. The molecule has 0 spiro atoms. The minimum absolute atomic E-state index is 0.0369. The first-order valence-corrected chi connectivity index (χ1v) is 10.1. The number of carbonyl (C=O) groups excluding carboxylic acids is 2. The fourth-order valence-electron chi connectivity index (χ4n) is 3.88. The van der Waals surface area contributed by atoms with Gasteiger partial charge in [0.25, 0.3) is 0 Å². The van der Waals surface area contributed by atoms with Gasteiger partial charge in [-0.15, -0.1) is 5.92 Å². The van der Waals surface area contributed by atoms with Gasteiger partial charge in [0.1, 0.15) is 12.4 Å². The molecule has 31 heavy (non-hydrogen) atoms. The molecular weight excluding hydrogens is 390 g/mol. The van der Waals surface area contributed by atoms with Crippen LogP contribution in [0.5, 0.6) is 0 Å². The van der Waals surface area contributed by atoms with Crippen molar-refractivity contribution in [3.8, 4) is 11.8 Å². The number of ether oxygens (including phenoxy) is 2. The van der Waals surface area contributed by atoms with E-state index in [1.165, 1.54) is 6.08 Å². The average molecular weight is 415 g/mol. The Kier molecular flexibility index (Phi) is 7.04. The van der Waals surface area contributed by atoms with Crippen molar-refractivity contribution in [2.75, 3.05) is 6.61 Å². The topological polar surface area (TPSA) is 65.5 Å². The van der Waals surface area contributed by atoms with E-state index in [-0.39, 0.29) is 18.3 Å². The third-order valence-corrected chi connectivity index (χ3v) is 5.09. The van der Waals surface area contributed by atoms with Gasteiger partial charge in [0.2, 0.25) is 0 Å². The van der Waals surface area contributed by atoms with Gasteiger partial charge in [-0.05, 0) is 61.7 Å². The van der Waals surface area contributed by atoms with Crippen molar-refractivity contribution in [1.29, 1.82) is 0 Å². The Morgan fingerprint density at radius 3 is 2.65 bits per heavy atom. The summed E-state index contributed by atoms with van der Waals surface area (Å²) in [4.78, 5) is 30.0. The Labute approximate surface area is 182 Å². The van der Waals surface area contributed by atoms with Gasteiger partial charge in [-0.1, -0.05) is 24.6 Å². The number of carbonyl (C=O) groups is 2. The highest BCUT2D eigenvalue weighted by Crippen LogP contribution is 2.40. The Hall–Kier alpha value is -3.65. The molecular formula is C26H25NO4. The number of hydrogen-bond donors (Lipinski definition) is 0. The lowest BCUT2D eigenvalue weighted by atomic mass is 9.89. The van der Waals surface area contributed by atoms with Crippen LogP contribution < -0.4 is 0 Å². The van der Waals surface area contributed by atoms with Crippen LogP contribution in [0, 0.1) is 31.6 Å². The molecule has 5 nitrogen and oxygen atoms in total. The molecule has 5 heteroatoms. The van der Waals surface area contributed by atoms with Gasteiger partial charge < -0.3 is 9.47 Å². The van der Waals surface area contributed by atoms with Crippen LogP contribution in [0.1, 0.15) is 41.3 Å². The van der Waals surface area contributed by atoms with Crippen LogP contribution in [0.15, 0.2) is 54.9 Å². The van der Waals surface area contributed by atoms with Gasteiger partial charge in [-0.2, -0.15) is 0 Å². The summed E-state index contributed by atoms with van der Waals surface area (Å²) >= 11 is 0. The quantitative estimate of drug-likeness (QED) is 0.379. The molecule has 1 heterocycles. The number of hydrogen-bond acceptors (Lipinski definition) is 5. The van der Waals surface area contributed by atoms with Crippen molar-refractivity contribution in [3.63, 3.8) is 0 Å². The molecule has 3 rings (SSSR count). The number of pyridine rings is 1. The van der Waals surface area contributed by atoms with E-state index in [9.17, 15) is 9.59 Å². The smallest absolute Gasteiger partial charge is 0.430 e. The second-order valence-electron chi connectivity index (χ2n) is 7.40. The fourth-order valence-corrected chi connectivity index (χ4v) is 3.88. The third kappa shape index (κ3) is 5.10. The van der Waals surface area contributed by atoms with E-state index in [1.54, 1.807) is 13.1 Å². The number of aryl methyl sites for hydroxylation is 2. The number of benzene rings is 1. The Morgan fingerprint density at radius 2 is 2.03 bits per heavy atom. The van der Waals surface area contributed by atoms with Crippen LogP contribution in [0.3, 0.4) is 0 Å². The van der Waals surface area contributed by atoms with Gasteiger partial charge in [0.05, 0.1) is 5.57 Å². The van der Waals surface area contributed by atoms with E-state index in [1.807, 2.05) is 44.2 Å². The summed E-state index contributed by atoms with van der Waals surface area (Å²) in [7, 11) is 0. The summed E-state index contributed by atoms with van der Waals surface area (Å²) in [6, 6.07) is 9.50. The maximum atomic E-state index is 13.5. The molecule has 0 N–H and O–H groups in total. The molecule has 158 valence electrons. The summed E-state index contributed by atoms with van der Waals surface area (Å²) < 4.78 is 10.5. The second kappa shape index (κ2) is 9.90. The van der Waals surface area contributed by atoms with Crippen LogP contribution in [0.25, 0.3) is 5.57 Å². The number of rotatable bonds is 6. The highest BCUT2D eigenvalue weighted by atomic mass is 16.7. The lowest BCUT2D eigenvalue weighted by molar-refractivity contribution is -0.116. The van der Waals surface area contributed by atoms with Crippen LogP contribution in [0.2, 0.25) is 0 Å². The number of ketones is 1. The normalized spacial score (nSPS) is 15.3. The summed E-state index contributed by atoms with van der Waals surface area (Å²) in [5, 5.41) is 0. The molecule has 1 aliphatic rings. The molecule has 2 aromatic rings. The lowest BCUT2D eigenvalue weighted by Crippen LogP contribution is -2.14. The van der Waals surface area contributed by atoms with Crippen LogP contribution >= 0.6 is 0 Å². The standard InChI is InChI=1S/C26H25NO4/c1-5-9-19-13-17(3)23(18(4)14-19)24-22(31-26(29)30-12-6-2)16-20(25(24)28)15-21-10-7-8-11-27-21/h6-8,10-11,13-14,20H,2,12,15-16H2,1,3-4H3.